The van der Waals surface area contributed by atoms with Gasteiger partial charge < -0.3 is 14.5 Å². The number of carbonyl (C=O) groups is 2. The van der Waals surface area contributed by atoms with Gasteiger partial charge in [-0.05, 0) is 31.0 Å². The maximum Gasteiger partial charge on any atom is 0.307 e. The molecule has 0 radical (unpaired) electrons. The van der Waals surface area contributed by atoms with E-state index in [4.69, 9.17) is 4.42 Å². The zero-order chi connectivity index (χ0) is 15.4. The van der Waals surface area contributed by atoms with Crippen LogP contribution in [-0.4, -0.2) is 25.5 Å². The van der Waals surface area contributed by atoms with Gasteiger partial charge in [-0.15, -0.1) is 0 Å². The van der Waals surface area contributed by atoms with Gasteiger partial charge in [-0.25, -0.2) is 0 Å². The van der Waals surface area contributed by atoms with E-state index in [1.165, 1.54) is 12.7 Å². The maximum atomic E-state index is 12.1. The molecule has 5 nitrogen and oxygen atoms in total. The highest BCUT2D eigenvalue weighted by Crippen LogP contribution is 2.26. The molecule has 0 bridgehead atoms. The molecule has 0 aliphatic rings. The van der Waals surface area contributed by atoms with Crippen LogP contribution in [0.2, 0.25) is 0 Å². The van der Waals surface area contributed by atoms with Crippen LogP contribution in [0.25, 0.3) is 11.0 Å². The molecule has 0 aliphatic carbocycles. The molecule has 0 unspecified atom stereocenters. The summed E-state index contributed by atoms with van der Waals surface area (Å²) >= 11 is 0. The molecule has 0 aliphatic heterocycles. The molecule has 5 heteroatoms. The normalized spacial score (nSPS) is 10.6. The molecule has 1 aromatic carbocycles. The van der Waals surface area contributed by atoms with Crippen molar-refractivity contribution in [3.05, 3.63) is 35.1 Å². The number of hydrogen-bond acceptors (Lipinski definition) is 4. The second-order valence-electron chi connectivity index (χ2n) is 4.82. The van der Waals surface area contributed by atoms with E-state index in [1.807, 2.05) is 25.1 Å². The minimum Gasteiger partial charge on any atom is -0.469 e. The van der Waals surface area contributed by atoms with E-state index in [9.17, 15) is 9.59 Å². The Morgan fingerprint density at radius 2 is 2.10 bits per heavy atom. The van der Waals surface area contributed by atoms with E-state index in [1.54, 1.807) is 0 Å². The van der Waals surface area contributed by atoms with Crippen LogP contribution in [0.4, 0.5) is 0 Å². The lowest BCUT2D eigenvalue weighted by Crippen LogP contribution is -2.26. The molecule has 1 heterocycles. The number of methoxy groups -OCH3 is 1. The summed E-state index contributed by atoms with van der Waals surface area (Å²) in [5, 5.41) is 3.61. The average molecular weight is 289 g/mol. The lowest BCUT2D eigenvalue weighted by molar-refractivity contribution is -0.140. The number of nitrogens with one attached hydrogen (secondary N) is 1. The fraction of sp³-hybridized carbons (Fsp3) is 0.375. The lowest BCUT2D eigenvalue weighted by atomic mass is 10.1. The van der Waals surface area contributed by atoms with E-state index >= 15 is 0 Å². The third-order valence-electron chi connectivity index (χ3n) is 3.46. The molecular formula is C16H19NO4. The summed E-state index contributed by atoms with van der Waals surface area (Å²) in [5.41, 5.74) is 2.71. The van der Waals surface area contributed by atoms with Gasteiger partial charge in [0.05, 0.1) is 13.5 Å². The van der Waals surface area contributed by atoms with Crippen LogP contribution in [0.15, 0.2) is 22.6 Å². The molecule has 0 atom stereocenters. The molecule has 21 heavy (non-hydrogen) atoms. The molecule has 1 N–H and O–H groups in total. The van der Waals surface area contributed by atoms with Gasteiger partial charge in [0.15, 0.2) is 5.76 Å². The van der Waals surface area contributed by atoms with E-state index < -0.39 is 0 Å². The van der Waals surface area contributed by atoms with Crippen molar-refractivity contribution in [2.45, 2.75) is 26.7 Å². The molecule has 112 valence electrons. The monoisotopic (exact) mass is 289 g/mol. The molecular weight excluding hydrogens is 270 g/mol. The minimum absolute atomic E-state index is 0.140. The van der Waals surface area contributed by atoms with Crippen LogP contribution in [-0.2, 0) is 16.0 Å². The maximum absolute atomic E-state index is 12.1. The Morgan fingerprint density at radius 3 is 2.76 bits per heavy atom. The first-order chi connectivity index (χ1) is 10.1. The highest BCUT2D eigenvalue weighted by molar-refractivity contribution is 5.99. The Balaban J connectivity index is 2.16. The summed E-state index contributed by atoms with van der Waals surface area (Å²) in [6.07, 6.45) is 1.07. The van der Waals surface area contributed by atoms with Crippen molar-refractivity contribution >= 4 is 22.8 Å². The molecule has 2 aromatic rings. The number of furan rings is 1. The molecule has 1 aromatic heterocycles. The van der Waals surface area contributed by atoms with Crippen molar-refractivity contribution < 1.29 is 18.7 Å². The van der Waals surface area contributed by atoms with Gasteiger partial charge in [0, 0.05) is 17.5 Å². The Bertz CT molecular complexity index is 672. The minimum atomic E-state index is -0.357. The standard InChI is InChI=1S/C16H19NO4/c1-4-11-5-6-13-12(9-11)10(2)15(21-13)16(19)17-8-7-14(18)20-3/h5-6,9H,4,7-8H2,1-3H3,(H,17,19). The van der Waals surface area contributed by atoms with Gasteiger partial charge in [0.25, 0.3) is 5.91 Å². The van der Waals surface area contributed by atoms with Crippen molar-refractivity contribution in [2.75, 3.05) is 13.7 Å². The quantitative estimate of drug-likeness (QED) is 0.859. The summed E-state index contributed by atoms with van der Waals surface area (Å²) in [5.74, 6) is -0.377. The van der Waals surface area contributed by atoms with Crippen molar-refractivity contribution in [1.29, 1.82) is 0 Å². The largest absolute Gasteiger partial charge is 0.469 e. The Hall–Kier alpha value is -2.30. The molecule has 0 spiro atoms. The van der Waals surface area contributed by atoms with Gasteiger partial charge in [0.2, 0.25) is 0 Å². The molecule has 0 saturated carbocycles. The summed E-state index contributed by atoms with van der Waals surface area (Å²) in [6, 6.07) is 5.91. The SMILES string of the molecule is CCc1ccc2oc(C(=O)NCCC(=O)OC)c(C)c2c1. The van der Waals surface area contributed by atoms with E-state index in [-0.39, 0.29) is 24.8 Å². The fourth-order valence-electron chi connectivity index (χ4n) is 2.17. The van der Waals surface area contributed by atoms with Gasteiger partial charge in [-0.3, -0.25) is 9.59 Å². The Labute approximate surface area is 123 Å². The number of aryl methyl sites for hydroxylation is 2. The van der Waals surface area contributed by atoms with Crippen LogP contribution in [0.5, 0.6) is 0 Å². The van der Waals surface area contributed by atoms with Crippen LogP contribution >= 0.6 is 0 Å². The number of carbonyl (C=O) groups excluding carboxylic acids is 2. The number of hydrogen-bond donors (Lipinski definition) is 1. The van der Waals surface area contributed by atoms with Crippen molar-refractivity contribution in [3.8, 4) is 0 Å². The Kier molecular flexibility index (Phi) is 4.62. The predicted octanol–water partition coefficient (Wildman–Crippen LogP) is 2.60. The highest BCUT2D eigenvalue weighted by Gasteiger charge is 2.17. The van der Waals surface area contributed by atoms with E-state index in [2.05, 4.69) is 17.0 Å². The fourth-order valence-corrected chi connectivity index (χ4v) is 2.17. The first-order valence-corrected chi connectivity index (χ1v) is 6.93. The number of rotatable bonds is 5. The highest BCUT2D eigenvalue weighted by atomic mass is 16.5. The third-order valence-corrected chi connectivity index (χ3v) is 3.46. The van der Waals surface area contributed by atoms with Crippen molar-refractivity contribution in [3.63, 3.8) is 0 Å². The molecule has 0 saturated heterocycles. The van der Waals surface area contributed by atoms with Crippen molar-refractivity contribution in [2.24, 2.45) is 0 Å². The number of benzene rings is 1. The smallest absolute Gasteiger partial charge is 0.307 e. The number of fused-ring (bicyclic) bond motifs is 1. The lowest BCUT2D eigenvalue weighted by Gasteiger charge is -2.02. The molecule has 0 fully saturated rings. The number of ether oxygens (including phenoxy) is 1. The van der Waals surface area contributed by atoms with E-state index in [0.717, 1.165) is 17.4 Å². The van der Waals surface area contributed by atoms with Crippen LogP contribution in [0.1, 0.15) is 35.0 Å². The molecule has 1 amide bonds. The summed E-state index contributed by atoms with van der Waals surface area (Å²) < 4.78 is 10.1. The number of esters is 1. The Morgan fingerprint density at radius 1 is 1.33 bits per heavy atom. The summed E-state index contributed by atoms with van der Waals surface area (Å²) in [4.78, 5) is 23.1. The van der Waals surface area contributed by atoms with Gasteiger partial charge >= 0.3 is 5.97 Å². The first kappa shape index (κ1) is 15.1. The first-order valence-electron chi connectivity index (χ1n) is 6.93. The topological polar surface area (TPSA) is 68.5 Å². The van der Waals surface area contributed by atoms with Gasteiger partial charge in [-0.2, -0.15) is 0 Å². The van der Waals surface area contributed by atoms with Crippen LogP contribution in [0.3, 0.4) is 0 Å². The van der Waals surface area contributed by atoms with Gasteiger partial charge in [-0.1, -0.05) is 13.0 Å². The van der Waals surface area contributed by atoms with Crippen molar-refractivity contribution in [1.82, 2.24) is 5.32 Å². The second kappa shape index (κ2) is 6.43. The van der Waals surface area contributed by atoms with Gasteiger partial charge in [0.1, 0.15) is 5.58 Å². The summed E-state index contributed by atoms with van der Waals surface area (Å²) in [7, 11) is 1.32. The average Bonchev–Trinajstić information content (AvgIpc) is 2.83. The third kappa shape index (κ3) is 3.24. The zero-order valence-electron chi connectivity index (χ0n) is 12.5. The second-order valence-corrected chi connectivity index (χ2v) is 4.82. The molecule has 2 rings (SSSR count). The van der Waals surface area contributed by atoms with E-state index in [0.29, 0.717) is 11.3 Å². The summed E-state index contributed by atoms with van der Waals surface area (Å²) in [6.45, 7) is 4.17. The van der Waals surface area contributed by atoms with Crippen LogP contribution in [0, 0.1) is 6.92 Å². The van der Waals surface area contributed by atoms with Crippen LogP contribution < -0.4 is 5.32 Å². The number of amides is 1. The predicted molar refractivity (Wildman–Crippen MR) is 79.3 cm³/mol. The zero-order valence-corrected chi connectivity index (χ0v) is 12.5.